The molecule has 0 amide bonds. The molecule has 1 spiro atoms. The Morgan fingerprint density at radius 3 is 2.41 bits per heavy atom. The maximum atomic E-state index is 16.9. The number of aliphatic imine (C=N–C) groups is 1. The highest BCUT2D eigenvalue weighted by atomic mass is 33.1. The number of nitrogens with one attached hydrogen (secondary N) is 3. The number of phenols is 1. The van der Waals surface area contributed by atoms with Gasteiger partial charge in [-0.2, -0.15) is 0 Å². The number of ether oxygens (including phenoxy) is 1. The van der Waals surface area contributed by atoms with Crippen LogP contribution in [0.2, 0.25) is 0 Å². The van der Waals surface area contributed by atoms with E-state index < -0.39 is 160 Å². The minimum absolute atomic E-state index is 0.0232. The Kier molecular flexibility index (Phi) is 18.6. The minimum atomic E-state index is -2.18. The molecule has 2 saturated heterocycles. The van der Waals surface area contributed by atoms with Gasteiger partial charge in [0, 0.05) is 102 Å². The summed E-state index contributed by atoms with van der Waals surface area (Å²) in [5, 5.41) is 123. The third-order valence-electron chi connectivity index (χ3n) is 27.8. The molecule has 2 aromatic carbocycles. The Morgan fingerprint density at radius 1 is 0.869 bits per heavy atom. The number of cyclic esters (lactones) is 1. The number of phenolic OH excluding ortho intramolecular Hbond substituents is 1. The summed E-state index contributed by atoms with van der Waals surface area (Å²) in [4.78, 5) is 54.9. The van der Waals surface area contributed by atoms with Crippen LogP contribution in [0, 0.1) is 135 Å². The van der Waals surface area contributed by atoms with Crippen molar-refractivity contribution in [2.45, 2.75) is 177 Å². The molecule has 99 heavy (non-hydrogen) atoms. The van der Waals surface area contributed by atoms with Crippen molar-refractivity contribution in [1.29, 1.82) is 0 Å². The van der Waals surface area contributed by atoms with Crippen molar-refractivity contribution in [3.63, 3.8) is 0 Å². The summed E-state index contributed by atoms with van der Waals surface area (Å²) in [7, 11) is 2.96. The van der Waals surface area contributed by atoms with E-state index in [9.17, 15) is 45.6 Å². The molecule has 4 heterocycles. The van der Waals surface area contributed by atoms with Gasteiger partial charge < -0.3 is 72.0 Å². The van der Waals surface area contributed by atoms with Crippen LogP contribution in [-0.4, -0.2) is 147 Å². The predicted molar refractivity (Wildman–Crippen MR) is 376 cm³/mol. The lowest BCUT2D eigenvalue weighted by Crippen LogP contribution is -2.73. The lowest BCUT2D eigenvalue weighted by molar-refractivity contribution is -0.239. The number of nitrogens with two attached hydrogens (primary N) is 1. The molecule has 1 aromatic heterocycles. The monoisotopic (exact) mass is 1390 g/mol. The average molecular weight is 1390 g/mol. The summed E-state index contributed by atoms with van der Waals surface area (Å²) < 4.78 is 6.47. The number of carbonyl (C=O) groups excluding carboxylic acids is 3. The van der Waals surface area contributed by atoms with Crippen molar-refractivity contribution in [2.75, 3.05) is 24.7 Å². The number of benzene rings is 2. The number of aromatic amines is 1. The number of allylic oxidation sites excluding steroid dienone is 3. The van der Waals surface area contributed by atoms with Crippen LogP contribution in [0.15, 0.2) is 94.9 Å². The fourth-order valence-electron chi connectivity index (χ4n) is 23.9. The van der Waals surface area contributed by atoms with Crippen molar-refractivity contribution >= 4 is 45.1 Å². The van der Waals surface area contributed by atoms with Gasteiger partial charge in [0.1, 0.15) is 17.9 Å². The highest BCUT2D eigenvalue weighted by Gasteiger charge is 2.80. The first-order valence-electron chi connectivity index (χ1n) is 36.7. The summed E-state index contributed by atoms with van der Waals surface area (Å²) in [6.45, 7) is 7.52. The Hall–Kier alpha value is -5.62. The number of esters is 1. The Balaban J connectivity index is 0.977. The van der Waals surface area contributed by atoms with E-state index in [4.69, 9.17) is 15.5 Å². The zero-order valence-corrected chi connectivity index (χ0v) is 58.7. The number of rotatable bonds is 6. The molecule has 12 aliphatic rings. The number of aromatic nitrogens is 1. The maximum Gasteiger partial charge on any atom is 0.314 e. The second kappa shape index (κ2) is 26.6. The van der Waals surface area contributed by atoms with Crippen molar-refractivity contribution in [3.05, 3.63) is 112 Å². The summed E-state index contributed by atoms with van der Waals surface area (Å²) in [6.07, 6.45) is 4.41. The summed E-state index contributed by atoms with van der Waals surface area (Å²) in [6, 6.07) is 15.0. The lowest BCUT2D eigenvalue weighted by atomic mass is 9.36. The number of hydrogen-bond acceptors (Lipinski definition) is 19. The number of nitrogens with zero attached hydrogens (tertiary/aromatic N) is 1. The van der Waals surface area contributed by atoms with Gasteiger partial charge in [0.2, 0.25) is 0 Å². The van der Waals surface area contributed by atoms with Gasteiger partial charge in [-0.1, -0.05) is 102 Å². The number of hydrogen-bond donors (Lipinski definition) is 13. The van der Waals surface area contributed by atoms with Crippen molar-refractivity contribution in [2.24, 2.45) is 122 Å². The highest BCUT2D eigenvalue weighted by molar-refractivity contribution is 8.76. The summed E-state index contributed by atoms with van der Waals surface area (Å²) >= 11 is 0. The normalized spacial score (nSPS) is 44.8. The third kappa shape index (κ3) is 11.3. The molecular formula is C79H99N5O13S2. The molecule has 530 valence electrons. The van der Waals surface area contributed by atoms with Crippen LogP contribution in [0.3, 0.4) is 0 Å². The van der Waals surface area contributed by atoms with Gasteiger partial charge in [-0.05, 0) is 189 Å². The Bertz CT molecular complexity index is 3840. The van der Waals surface area contributed by atoms with Gasteiger partial charge in [-0.3, -0.25) is 14.4 Å². The molecule has 8 fully saturated rings. The molecule has 14 N–H and O–H groups in total. The molecule has 0 radical (unpaired) electrons. The number of aliphatic hydroxyl groups excluding tert-OH is 5. The molecule has 3 aromatic rings. The highest BCUT2D eigenvalue weighted by Crippen LogP contribution is 2.78. The largest absolute Gasteiger partial charge is 0.508 e. The molecule has 3 aliphatic heterocycles. The summed E-state index contributed by atoms with van der Waals surface area (Å²) in [5.74, 6) is 5.26. The second-order valence-corrected chi connectivity index (χ2v) is 35.2. The average Bonchev–Trinajstić information content (AvgIpc) is 1.58. The fraction of sp³-hybridized carbons (Fsp3) is 0.646. The number of aromatic hydroxyl groups is 1. The molecular weight excluding hydrogens is 1290 g/mol. The quantitative estimate of drug-likeness (QED) is 0.0381. The lowest BCUT2D eigenvalue weighted by Gasteiger charge is -2.69. The second-order valence-electron chi connectivity index (χ2n) is 32.7. The summed E-state index contributed by atoms with van der Waals surface area (Å²) in [5.41, 5.74) is 4.64. The Morgan fingerprint density at radius 2 is 1.66 bits per heavy atom. The standard InChI is InChI=1S/C79H99N5O13S2/c1-5-60-65(63(74(94)97-60)47-23-24-81-33-47)51-12-8-11-45-31-79(96)68-66(76(3)32-59(88)70(90)55-38-99-98-37-49(41-17-20-50(86)21-18-41)28-58(87)57(36-85)84-69(68)71(91)67(55)76)48-27-43-16-15-40-9-6-7-10-46(40)34-82-75(80)83-35-56(43)78(79,30-48)72(45)77(4,95)61(89)29-54(73(92)93)62-44-19-22-52(51)64(62)53-25-39(2)13-14-42(53)26-44/h6-7,9-10,17-18,20-21,23-24,26,33,39,43-45,48-49,51-57,59-67,70,72-73,81,84-86,88-90,92-93,95-96H,5,11,13-14,19,22,25,27-32,34-38H2,1-4H3,(H3,80,82,83). The zero-order chi connectivity index (χ0) is 69.4. The van der Waals surface area contributed by atoms with Crippen LogP contribution < -0.4 is 16.4 Å². The molecule has 20 heteroatoms. The smallest absolute Gasteiger partial charge is 0.314 e. The van der Waals surface area contributed by atoms with Gasteiger partial charge in [-0.25, -0.2) is 4.99 Å². The van der Waals surface area contributed by atoms with E-state index in [1.165, 1.54) is 27.2 Å². The van der Waals surface area contributed by atoms with E-state index in [0.717, 1.165) is 54.4 Å². The first-order valence-corrected chi connectivity index (χ1v) is 39.2. The molecule has 18 nitrogen and oxygen atoms in total. The number of Topliss-reactive ketones (excluding diaryl/α,β-unsaturated/α-hetero) is 2. The van der Waals surface area contributed by atoms with Crippen LogP contribution in [0.5, 0.6) is 5.75 Å². The van der Waals surface area contributed by atoms with Crippen LogP contribution >= 0.6 is 21.6 Å². The third-order valence-corrected chi connectivity index (χ3v) is 30.3. The van der Waals surface area contributed by atoms with Crippen molar-refractivity contribution in [3.8, 4) is 29.4 Å². The number of guanidine groups is 1. The molecule has 15 rings (SSSR count). The minimum Gasteiger partial charge on any atom is -0.508 e. The van der Waals surface area contributed by atoms with E-state index in [2.05, 4.69) is 52.3 Å². The van der Waals surface area contributed by atoms with Gasteiger partial charge in [0.15, 0.2) is 23.8 Å². The predicted octanol–water partition coefficient (Wildman–Crippen LogP) is 7.23. The van der Waals surface area contributed by atoms with Gasteiger partial charge in [-0.15, -0.1) is 5.92 Å². The van der Waals surface area contributed by atoms with E-state index in [1.54, 1.807) is 31.2 Å². The molecule has 8 bridgehead atoms. The van der Waals surface area contributed by atoms with Crippen molar-refractivity contribution < 1.29 is 65.1 Å². The topological polar surface area (TPSA) is 321 Å². The zero-order valence-electron chi connectivity index (χ0n) is 57.1. The van der Waals surface area contributed by atoms with E-state index >= 15 is 14.7 Å². The van der Waals surface area contributed by atoms with Crippen LogP contribution in [0.1, 0.15) is 145 Å². The van der Waals surface area contributed by atoms with Gasteiger partial charge in [0.25, 0.3) is 0 Å². The molecule has 28 atom stereocenters. The van der Waals surface area contributed by atoms with Crippen LogP contribution in [0.4, 0.5) is 0 Å². The van der Waals surface area contributed by atoms with Gasteiger partial charge in [0.05, 0.1) is 54.3 Å². The molecule has 9 aliphatic carbocycles. The number of fused-ring (bicyclic) bond motifs is 10. The van der Waals surface area contributed by atoms with E-state index in [0.29, 0.717) is 30.1 Å². The van der Waals surface area contributed by atoms with E-state index in [-0.39, 0.29) is 104 Å². The van der Waals surface area contributed by atoms with Crippen molar-refractivity contribution in [1.82, 2.24) is 15.6 Å². The maximum absolute atomic E-state index is 16.9. The number of ketones is 2. The first kappa shape index (κ1) is 69.1. The number of aliphatic hydroxyl groups is 8. The number of H-pyrrole nitrogens is 1. The Labute approximate surface area is 588 Å². The van der Waals surface area contributed by atoms with Crippen LogP contribution in [-0.2, 0) is 25.7 Å². The number of carbonyl (C=O) groups is 3. The molecule has 6 saturated carbocycles. The molecule has 28 unspecified atom stereocenters. The van der Waals surface area contributed by atoms with Crippen LogP contribution in [0.25, 0.3) is 0 Å². The van der Waals surface area contributed by atoms with Gasteiger partial charge >= 0.3 is 5.97 Å². The first-order chi connectivity index (χ1) is 47.5. The van der Waals surface area contributed by atoms with E-state index in [1.807, 2.05) is 56.6 Å². The SMILES string of the molecule is CCC1OC(=O)C(c2cc[nH]c2)C1C1C#CCC2CC3(O)C4=C5NC(CO)C(=O)CC(c6ccc(O)cc6)CSSCC6C(O)C(O)CC(C)(C4C4CC7C#Cc8ccccc8CN=C(N)NCC7C3(C4)C2C(C)(O)C(O)CC(C(O)O)C2C3C=C4CCC(C)CC4C2C1CC3)C6C5=O. The fourth-order valence-corrected chi connectivity index (χ4v) is 26.7.